The molecule has 0 fully saturated rings. The van der Waals surface area contributed by atoms with Gasteiger partial charge in [0.1, 0.15) is 5.82 Å². The van der Waals surface area contributed by atoms with Gasteiger partial charge in [-0.05, 0) is 67.4 Å². The van der Waals surface area contributed by atoms with Crippen molar-refractivity contribution in [2.75, 3.05) is 0 Å². The van der Waals surface area contributed by atoms with Gasteiger partial charge in [-0.2, -0.15) is 5.10 Å². The summed E-state index contributed by atoms with van der Waals surface area (Å²) >= 11 is 3.45. The first-order valence-electron chi connectivity index (χ1n) is 9.88. The molecule has 0 N–H and O–H groups in total. The van der Waals surface area contributed by atoms with E-state index in [9.17, 15) is 4.79 Å². The smallest absolute Gasteiger partial charge is 0.254 e. The van der Waals surface area contributed by atoms with E-state index < -0.39 is 0 Å². The fraction of sp³-hybridized carbons (Fsp3) is 0.167. The third kappa shape index (κ3) is 3.17. The van der Waals surface area contributed by atoms with Gasteiger partial charge in [0.25, 0.3) is 5.91 Å². The van der Waals surface area contributed by atoms with E-state index in [0.717, 1.165) is 27.2 Å². The SMILES string of the molecule is Cc1ccc(-n2nc3c(c2-n2cccc2)CN(C(=O)c2cccc(Br)c2)C3)cc1C. The van der Waals surface area contributed by atoms with Crippen LogP contribution >= 0.6 is 15.9 Å². The van der Waals surface area contributed by atoms with Crippen molar-refractivity contribution in [1.29, 1.82) is 0 Å². The molecule has 30 heavy (non-hydrogen) atoms. The summed E-state index contributed by atoms with van der Waals surface area (Å²) in [4.78, 5) is 14.9. The highest BCUT2D eigenvalue weighted by Crippen LogP contribution is 2.32. The van der Waals surface area contributed by atoms with Crippen LogP contribution in [0.5, 0.6) is 0 Å². The van der Waals surface area contributed by atoms with Gasteiger partial charge in [-0.3, -0.25) is 4.79 Å². The Labute approximate surface area is 183 Å². The summed E-state index contributed by atoms with van der Waals surface area (Å²) < 4.78 is 4.98. The molecule has 4 aromatic rings. The Morgan fingerprint density at radius 3 is 2.50 bits per heavy atom. The Morgan fingerprint density at radius 2 is 1.77 bits per heavy atom. The van der Waals surface area contributed by atoms with Crippen molar-refractivity contribution >= 4 is 21.8 Å². The third-order valence-electron chi connectivity index (χ3n) is 5.67. The summed E-state index contributed by atoms with van der Waals surface area (Å²) in [6.07, 6.45) is 4.04. The Balaban J connectivity index is 1.55. The van der Waals surface area contributed by atoms with Crippen LogP contribution in [0.25, 0.3) is 11.5 Å². The first-order chi connectivity index (χ1) is 14.5. The van der Waals surface area contributed by atoms with Crippen LogP contribution in [0.3, 0.4) is 0 Å². The van der Waals surface area contributed by atoms with Crippen LogP contribution in [0.2, 0.25) is 0 Å². The zero-order chi connectivity index (χ0) is 20.8. The minimum absolute atomic E-state index is 0.0190. The molecule has 0 bridgehead atoms. The maximum absolute atomic E-state index is 13.1. The van der Waals surface area contributed by atoms with Gasteiger partial charge >= 0.3 is 0 Å². The van der Waals surface area contributed by atoms with Crippen molar-refractivity contribution in [3.63, 3.8) is 0 Å². The number of rotatable bonds is 3. The lowest BCUT2D eigenvalue weighted by atomic mass is 10.1. The summed E-state index contributed by atoms with van der Waals surface area (Å²) in [5.41, 5.74) is 6.23. The normalized spacial score (nSPS) is 13.0. The number of carbonyl (C=O) groups excluding carboxylic acids is 1. The predicted molar refractivity (Wildman–Crippen MR) is 120 cm³/mol. The number of hydrogen-bond acceptors (Lipinski definition) is 2. The standard InChI is InChI=1S/C24H21BrN4O/c1-16-8-9-20(12-17(16)2)29-23(27-10-3-4-11-27)21-14-28(15-22(21)26-29)24(30)18-6-5-7-19(25)13-18/h3-13H,14-15H2,1-2H3. The van der Waals surface area contributed by atoms with Crippen LogP contribution in [0.4, 0.5) is 0 Å². The predicted octanol–water partition coefficient (Wildman–Crippen LogP) is 5.20. The van der Waals surface area contributed by atoms with Crippen LogP contribution in [0, 0.1) is 13.8 Å². The first-order valence-corrected chi connectivity index (χ1v) is 10.7. The largest absolute Gasteiger partial charge is 0.328 e. The number of hydrogen-bond donors (Lipinski definition) is 0. The second-order valence-electron chi connectivity index (χ2n) is 7.69. The first kappa shape index (κ1) is 18.9. The van der Waals surface area contributed by atoms with E-state index >= 15 is 0 Å². The molecule has 5 nitrogen and oxygen atoms in total. The van der Waals surface area contributed by atoms with E-state index in [1.165, 1.54) is 11.1 Å². The highest BCUT2D eigenvalue weighted by molar-refractivity contribution is 9.10. The van der Waals surface area contributed by atoms with Crippen LogP contribution in [-0.2, 0) is 13.1 Å². The Morgan fingerprint density at radius 1 is 0.967 bits per heavy atom. The molecule has 1 amide bonds. The average molecular weight is 461 g/mol. The lowest BCUT2D eigenvalue weighted by molar-refractivity contribution is 0.0749. The van der Waals surface area contributed by atoms with Gasteiger partial charge in [-0.1, -0.05) is 28.1 Å². The van der Waals surface area contributed by atoms with E-state index in [2.05, 4.69) is 52.5 Å². The molecule has 1 aliphatic heterocycles. The molecule has 5 rings (SSSR count). The highest BCUT2D eigenvalue weighted by Gasteiger charge is 2.32. The lowest BCUT2D eigenvalue weighted by Crippen LogP contribution is -2.26. The molecule has 0 unspecified atom stereocenters. The van der Waals surface area contributed by atoms with Crippen molar-refractivity contribution in [3.05, 3.63) is 99.4 Å². The van der Waals surface area contributed by atoms with E-state index in [4.69, 9.17) is 5.10 Å². The Hall–Kier alpha value is -3.12. The summed E-state index contributed by atoms with van der Waals surface area (Å²) in [7, 11) is 0. The molecule has 0 spiro atoms. The molecular weight excluding hydrogens is 440 g/mol. The molecule has 2 aromatic carbocycles. The molecule has 3 heterocycles. The number of aromatic nitrogens is 3. The molecule has 6 heteroatoms. The van der Waals surface area contributed by atoms with Gasteiger partial charge in [0.2, 0.25) is 0 Å². The Kier molecular flexibility index (Phi) is 4.59. The zero-order valence-electron chi connectivity index (χ0n) is 16.8. The summed E-state index contributed by atoms with van der Waals surface area (Å²) in [6.45, 7) is 5.27. The molecule has 2 aromatic heterocycles. The Bertz CT molecular complexity index is 1260. The molecular formula is C24H21BrN4O. The van der Waals surface area contributed by atoms with Crippen molar-refractivity contribution in [3.8, 4) is 11.5 Å². The highest BCUT2D eigenvalue weighted by atomic mass is 79.9. The molecule has 0 atom stereocenters. The van der Waals surface area contributed by atoms with Gasteiger partial charge in [-0.15, -0.1) is 0 Å². The summed E-state index contributed by atoms with van der Waals surface area (Å²) in [6, 6.07) is 17.9. The quantitative estimate of drug-likeness (QED) is 0.421. The maximum Gasteiger partial charge on any atom is 0.254 e. The van der Waals surface area contributed by atoms with Gasteiger partial charge in [0.05, 0.1) is 24.5 Å². The van der Waals surface area contributed by atoms with Crippen LogP contribution in [0.15, 0.2) is 71.5 Å². The van der Waals surface area contributed by atoms with Gasteiger partial charge in [0.15, 0.2) is 0 Å². The molecule has 1 aliphatic rings. The van der Waals surface area contributed by atoms with Crippen molar-refractivity contribution in [2.45, 2.75) is 26.9 Å². The summed E-state index contributed by atoms with van der Waals surface area (Å²) in [5.74, 6) is 1.01. The van der Waals surface area contributed by atoms with E-state index in [1.54, 1.807) is 0 Å². The van der Waals surface area contributed by atoms with Crippen LogP contribution in [0.1, 0.15) is 32.7 Å². The van der Waals surface area contributed by atoms with E-state index in [0.29, 0.717) is 18.7 Å². The number of nitrogens with zero attached hydrogens (tertiary/aromatic N) is 4. The molecule has 0 saturated heterocycles. The van der Waals surface area contributed by atoms with Gasteiger partial charge < -0.3 is 9.47 Å². The van der Waals surface area contributed by atoms with E-state index in [1.807, 2.05) is 58.4 Å². The van der Waals surface area contributed by atoms with Crippen molar-refractivity contribution < 1.29 is 4.79 Å². The van der Waals surface area contributed by atoms with Crippen LogP contribution < -0.4 is 0 Å². The summed E-state index contributed by atoms with van der Waals surface area (Å²) in [5, 5.41) is 4.92. The third-order valence-corrected chi connectivity index (χ3v) is 6.17. The number of fused-ring (bicyclic) bond motifs is 1. The fourth-order valence-corrected chi connectivity index (χ4v) is 4.33. The molecule has 0 aliphatic carbocycles. The second kappa shape index (κ2) is 7.29. The number of halogens is 1. The number of benzene rings is 2. The number of aryl methyl sites for hydroxylation is 2. The fourth-order valence-electron chi connectivity index (χ4n) is 3.93. The minimum Gasteiger partial charge on any atom is -0.328 e. The van der Waals surface area contributed by atoms with Gasteiger partial charge in [0, 0.05) is 28.0 Å². The number of carbonyl (C=O) groups is 1. The lowest BCUT2D eigenvalue weighted by Gasteiger charge is -2.18. The maximum atomic E-state index is 13.1. The topological polar surface area (TPSA) is 43.1 Å². The minimum atomic E-state index is 0.0190. The van der Waals surface area contributed by atoms with Crippen molar-refractivity contribution in [1.82, 2.24) is 19.2 Å². The molecule has 0 saturated carbocycles. The van der Waals surface area contributed by atoms with Crippen molar-refractivity contribution in [2.24, 2.45) is 0 Å². The molecule has 0 radical (unpaired) electrons. The second-order valence-corrected chi connectivity index (χ2v) is 8.61. The monoisotopic (exact) mass is 460 g/mol. The average Bonchev–Trinajstić information content (AvgIpc) is 3.45. The van der Waals surface area contributed by atoms with Gasteiger partial charge in [-0.25, -0.2) is 4.68 Å². The number of amides is 1. The van der Waals surface area contributed by atoms with E-state index in [-0.39, 0.29) is 5.91 Å². The zero-order valence-corrected chi connectivity index (χ0v) is 18.4. The molecule has 150 valence electrons. The van der Waals surface area contributed by atoms with Crippen LogP contribution in [-0.4, -0.2) is 25.2 Å².